The van der Waals surface area contributed by atoms with Gasteiger partial charge in [-0.25, -0.2) is 4.90 Å². The Morgan fingerprint density at radius 1 is 1.03 bits per heavy atom. The fourth-order valence-corrected chi connectivity index (χ4v) is 4.96. The van der Waals surface area contributed by atoms with E-state index in [0.717, 1.165) is 17.7 Å². The summed E-state index contributed by atoms with van der Waals surface area (Å²) < 4.78 is 11.4. The molecule has 2 bridgehead atoms. The maximum absolute atomic E-state index is 13.0. The molecule has 0 spiro atoms. The number of nitro benzene ring substituents is 1. The topological polar surface area (TPSA) is 99.0 Å². The van der Waals surface area contributed by atoms with Crippen LogP contribution in [0.4, 0.5) is 11.4 Å². The van der Waals surface area contributed by atoms with Crippen LogP contribution in [0.25, 0.3) is 0 Å². The second-order valence-corrected chi connectivity index (χ2v) is 8.32. The molecular formula is C20H14Cl2N2O6. The zero-order chi connectivity index (χ0) is 21.2. The predicted molar refractivity (Wildman–Crippen MR) is 107 cm³/mol. The van der Waals surface area contributed by atoms with Crippen LogP contribution >= 0.6 is 23.2 Å². The molecule has 2 amide bonds. The zero-order valence-corrected chi connectivity index (χ0v) is 16.8. The fraction of sp³-hybridized carbons (Fsp3) is 0.300. The van der Waals surface area contributed by atoms with Crippen molar-refractivity contribution >= 4 is 46.4 Å². The van der Waals surface area contributed by atoms with Gasteiger partial charge in [-0.1, -0.05) is 23.2 Å². The van der Waals surface area contributed by atoms with Gasteiger partial charge in [0.2, 0.25) is 11.8 Å². The van der Waals surface area contributed by atoms with E-state index >= 15 is 0 Å². The van der Waals surface area contributed by atoms with Crippen molar-refractivity contribution in [1.29, 1.82) is 0 Å². The monoisotopic (exact) mass is 448 g/mol. The van der Waals surface area contributed by atoms with Crippen LogP contribution in [0.1, 0.15) is 12.8 Å². The number of benzene rings is 2. The lowest BCUT2D eigenvalue weighted by molar-refractivity contribution is -0.384. The predicted octanol–water partition coefficient (Wildman–Crippen LogP) is 4.36. The third kappa shape index (κ3) is 2.94. The minimum Gasteiger partial charge on any atom is -0.455 e. The van der Waals surface area contributed by atoms with Crippen LogP contribution < -0.4 is 9.64 Å². The highest BCUT2D eigenvalue weighted by molar-refractivity contribution is 6.35. The van der Waals surface area contributed by atoms with Crippen molar-refractivity contribution in [3.05, 3.63) is 56.6 Å². The summed E-state index contributed by atoms with van der Waals surface area (Å²) in [6, 6.07) is 8.36. The highest BCUT2D eigenvalue weighted by Gasteiger charge is 2.62. The summed E-state index contributed by atoms with van der Waals surface area (Å²) in [5, 5.41) is 12.1. The van der Waals surface area contributed by atoms with Gasteiger partial charge in [0.15, 0.2) is 0 Å². The van der Waals surface area contributed by atoms with Crippen molar-refractivity contribution in [2.24, 2.45) is 11.8 Å². The Morgan fingerprint density at radius 2 is 1.70 bits per heavy atom. The van der Waals surface area contributed by atoms with Crippen molar-refractivity contribution in [2.75, 3.05) is 4.90 Å². The number of anilines is 1. The molecule has 0 radical (unpaired) electrons. The number of carbonyl (C=O) groups is 2. The van der Waals surface area contributed by atoms with Crippen LogP contribution in [0.3, 0.4) is 0 Å². The Balaban J connectivity index is 1.53. The average molecular weight is 449 g/mol. The fourth-order valence-electron chi connectivity index (χ4n) is 4.51. The molecule has 3 aliphatic rings. The number of hydrogen-bond donors (Lipinski definition) is 0. The summed E-state index contributed by atoms with van der Waals surface area (Å²) >= 11 is 12.0. The Bertz CT molecular complexity index is 1080. The molecule has 3 heterocycles. The number of halogens is 2. The molecule has 5 rings (SSSR count). The third-order valence-corrected chi connectivity index (χ3v) is 6.28. The van der Waals surface area contributed by atoms with E-state index in [9.17, 15) is 19.7 Å². The Kier molecular flexibility index (Phi) is 4.46. The Hall–Kier alpha value is -2.68. The van der Waals surface area contributed by atoms with E-state index in [1.165, 1.54) is 30.3 Å². The first-order valence-corrected chi connectivity index (χ1v) is 10.0. The molecule has 8 nitrogen and oxygen atoms in total. The molecule has 30 heavy (non-hydrogen) atoms. The van der Waals surface area contributed by atoms with Crippen molar-refractivity contribution in [3.8, 4) is 11.5 Å². The summed E-state index contributed by atoms with van der Waals surface area (Å²) in [6.07, 6.45) is 0.918. The number of amides is 2. The molecule has 154 valence electrons. The molecule has 0 aliphatic carbocycles. The minimum absolute atomic E-state index is 0.0697. The van der Waals surface area contributed by atoms with Crippen LogP contribution in [0.5, 0.6) is 11.5 Å². The summed E-state index contributed by atoms with van der Waals surface area (Å²) in [7, 11) is 0. The van der Waals surface area contributed by atoms with Crippen LogP contribution in [0.2, 0.25) is 10.0 Å². The van der Waals surface area contributed by atoms with Gasteiger partial charge in [0.25, 0.3) is 5.69 Å². The van der Waals surface area contributed by atoms with Gasteiger partial charge >= 0.3 is 0 Å². The number of nitrogens with zero attached hydrogens (tertiary/aromatic N) is 2. The van der Waals surface area contributed by atoms with Gasteiger partial charge < -0.3 is 9.47 Å². The lowest BCUT2D eigenvalue weighted by atomic mass is 9.81. The van der Waals surface area contributed by atoms with Gasteiger partial charge in [0, 0.05) is 17.2 Å². The molecule has 2 aromatic rings. The summed E-state index contributed by atoms with van der Waals surface area (Å²) in [5.74, 6) is -1.56. The molecule has 0 saturated carbocycles. The molecule has 0 aromatic heterocycles. The molecule has 0 unspecified atom stereocenters. The van der Waals surface area contributed by atoms with E-state index in [0.29, 0.717) is 5.02 Å². The van der Waals surface area contributed by atoms with Gasteiger partial charge in [0.1, 0.15) is 11.5 Å². The van der Waals surface area contributed by atoms with Crippen LogP contribution in [0.15, 0.2) is 36.4 Å². The minimum atomic E-state index is -0.613. The van der Waals surface area contributed by atoms with Crippen molar-refractivity contribution in [2.45, 2.75) is 25.0 Å². The lowest BCUT2D eigenvalue weighted by Crippen LogP contribution is -2.34. The molecule has 0 N–H and O–H groups in total. The first kappa shape index (κ1) is 19.3. The smallest absolute Gasteiger partial charge is 0.275 e. The highest BCUT2D eigenvalue weighted by atomic mass is 35.5. The lowest BCUT2D eigenvalue weighted by Gasteiger charge is -2.18. The maximum atomic E-state index is 13.0. The number of nitro groups is 1. The molecule has 4 atom stereocenters. The quantitative estimate of drug-likeness (QED) is 0.391. The molecule has 3 fully saturated rings. The number of imide groups is 1. The first-order chi connectivity index (χ1) is 14.3. The zero-order valence-electron chi connectivity index (χ0n) is 15.3. The second-order valence-electron chi connectivity index (χ2n) is 7.47. The maximum Gasteiger partial charge on any atom is 0.275 e. The standard InChI is InChI=1S/C20H14Cl2N2O6/c21-9-1-2-14(13(22)5-9)29-12-7-10(6-11(8-12)24(27)28)23-19(25)17-15-3-4-16(30-15)18(17)20(23)26/h1-2,5-8,15-18H,3-4H2/t15-,16-,17+,18+/m1/s1. The number of fused-ring (bicyclic) bond motifs is 5. The van der Waals surface area contributed by atoms with E-state index in [4.69, 9.17) is 32.7 Å². The number of rotatable bonds is 4. The summed E-state index contributed by atoms with van der Waals surface area (Å²) in [5.41, 5.74) is -0.224. The summed E-state index contributed by atoms with van der Waals surface area (Å²) in [6.45, 7) is 0. The highest BCUT2D eigenvalue weighted by Crippen LogP contribution is 2.50. The third-order valence-electron chi connectivity index (χ3n) is 5.75. The molecule has 3 saturated heterocycles. The van der Waals surface area contributed by atoms with E-state index in [1.54, 1.807) is 6.07 Å². The van der Waals surface area contributed by atoms with Gasteiger partial charge in [0.05, 0.1) is 45.7 Å². The van der Waals surface area contributed by atoms with E-state index < -0.39 is 28.6 Å². The number of hydrogen-bond acceptors (Lipinski definition) is 6. The number of non-ortho nitro benzene ring substituents is 1. The number of ether oxygens (including phenoxy) is 2. The second kappa shape index (κ2) is 6.94. The molecular weight excluding hydrogens is 435 g/mol. The van der Waals surface area contributed by atoms with Gasteiger partial charge in [-0.2, -0.15) is 0 Å². The van der Waals surface area contributed by atoms with E-state index in [2.05, 4.69) is 0 Å². The van der Waals surface area contributed by atoms with Crippen molar-refractivity contribution in [1.82, 2.24) is 0 Å². The van der Waals surface area contributed by atoms with Gasteiger partial charge in [-0.3, -0.25) is 19.7 Å². The molecule has 3 aliphatic heterocycles. The summed E-state index contributed by atoms with van der Waals surface area (Å²) in [4.78, 5) is 37.9. The normalized spacial score (nSPS) is 26.9. The van der Waals surface area contributed by atoms with Crippen molar-refractivity contribution < 1.29 is 24.0 Å². The Morgan fingerprint density at radius 3 is 2.30 bits per heavy atom. The van der Waals surface area contributed by atoms with E-state index in [-0.39, 0.29) is 40.1 Å². The number of carbonyl (C=O) groups excluding carboxylic acids is 2. The Labute approximate surface area is 180 Å². The SMILES string of the molecule is O=C1[C@@H]2[C@@H](C(=O)N1c1cc(Oc3ccc(Cl)cc3Cl)cc([N+](=O)[O-])c1)[C@H]1CC[C@H]2O1. The van der Waals surface area contributed by atoms with Crippen molar-refractivity contribution in [3.63, 3.8) is 0 Å². The van der Waals surface area contributed by atoms with Gasteiger partial charge in [-0.05, 0) is 31.0 Å². The van der Waals surface area contributed by atoms with Crippen LogP contribution in [-0.4, -0.2) is 28.9 Å². The van der Waals surface area contributed by atoms with Gasteiger partial charge in [-0.15, -0.1) is 0 Å². The molecule has 10 heteroatoms. The van der Waals surface area contributed by atoms with Crippen LogP contribution in [-0.2, 0) is 14.3 Å². The van der Waals surface area contributed by atoms with Crippen LogP contribution in [0, 0.1) is 22.0 Å². The average Bonchev–Trinajstić information content (AvgIpc) is 3.37. The largest absolute Gasteiger partial charge is 0.455 e. The molecule has 2 aromatic carbocycles. The van der Waals surface area contributed by atoms with E-state index in [1.807, 2.05) is 0 Å². The first-order valence-electron chi connectivity index (χ1n) is 9.29.